The lowest BCUT2D eigenvalue weighted by Gasteiger charge is -2.26. The third-order valence-electron chi connectivity index (χ3n) is 7.52. The van der Waals surface area contributed by atoms with Crippen LogP contribution < -0.4 is 10.6 Å². The molecule has 3 aromatic rings. The molecule has 0 radical (unpaired) electrons. The standard InChI is InChI=1S/C36H48F2N4O3/c1-6-12-42(13-7-2)36(45)30-16-28(24-41(4)5)15-29(20-30)35(44)40-33(19-27-17-31(37)21-32(38)18-27)34(43)23-39-22-26-11-9-10-25(8-3)14-26/h9-11,14-18,20-21,33-34,39,43H,6-8,12-13,19,22-24H2,1-5H3,(H,40,44)/t33-,34+/m1/s1. The molecule has 3 aromatic carbocycles. The molecule has 0 saturated carbocycles. The summed E-state index contributed by atoms with van der Waals surface area (Å²) in [6.45, 7) is 8.49. The molecule has 0 bridgehead atoms. The highest BCUT2D eigenvalue weighted by Crippen LogP contribution is 2.17. The van der Waals surface area contributed by atoms with Gasteiger partial charge in [-0.3, -0.25) is 9.59 Å². The summed E-state index contributed by atoms with van der Waals surface area (Å²) in [7, 11) is 3.81. The summed E-state index contributed by atoms with van der Waals surface area (Å²) < 4.78 is 28.1. The second kappa shape index (κ2) is 17.7. The van der Waals surface area contributed by atoms with Crippen LogP contribution in [0.2, 0.25) is 0 Å². The minimum atomic E-state index is -1.08. The maximum absolute atomic E-state index is 14.1. The predicted octanol–water partition coefficient (Wildman–Crippen LogP) is 5.34. The SMILES string of the molecule is CCCN(CCC)C(=O)c1cc(CN(C)C)cc(C(=O)N[C@H](Cc2cc(F)cc(F)c2)[C@@H](O)CNCc2cccc(CC)c2)c1. The molecule has 9 heteroatoms. The van der Waals surface area contributed by atoms with Gasteiger partial charge in [0.25, 0.3) is 11.8 Å². The highest BCUT2D eigenvalue weighted by Gasteiger charge is 2.25. The molecule has 0 aliphatic heterocycles. The van der Waals surface area contributed by atoms with Crippen molar-refractivity contribution in [3.8, 4) is 0 Å². The molecule has 3 N–H and O–H groups in total. The van der Waals surface area contributed by atoms with Crippen molar-refractivity contribution >= 4 is 11.8 Å². The maximum atomic E-state index is 14.1. The first-order chi connectivity index (χ1) is 21.5. The number of nitrogens with one attached hydrogen (secondary N) is 2. The van der Waals surface area contributed by atoms with Gasteiger partial charge in [0.2, 0.25) is 0 Å². The van der Waals surface area contributed by atoms with Crippen LogP contribution in [-0.2, 0) is 25.9 Å². The van der Waals surface area contributed by atoms with Crippen LogP contribution in [-0.4, -0.2) is 72.6 Å². The van der Waals surface area contributed by atoms with E-state index in [-0.39, 0.29) is 24.4 Å². The highest BCUT2D eigenvalue weighted by molar-refractivity contribution is 6.00. The second-order valence-electron chi connectivity index (χ2n) is 11.9. The molecule has 2 atom stereocenters. The number of halogens is 2. The minimum Gasteiger partial charge on any atom is -0.390 e. The van der Waals surface area contributed by atoms with Crippen LogP contribution in [0.1, 0.15) is 76.6 Å². The predicted molar refractivity (Wildman–Crippen MR) is 175 cm³/mol. The smallest absolute Gasteiger partial charge is 0.253 e. The Morgan fingerprint density at radius 2 is 1.47 bits per heavy atom. The van der Waals surface area contributed by atoms with Crippen LogP contribution >= 0.6 is 0 Å². The van der Waals surface area contributed by atoms with Gasteiger partial charge in [0, 0.05) is 49.9 Å². The molecule has 7 nitrogen and oxygen atoms in total. The number of amides is 2. The van der Waals surface area contributed by atoms with Gasteiger partial charge in [0.05, 0.1) is 12.1 Å². The number of nitrogens with zero attached hydrogens (tertiary/aromatic N) is 2. The van der Waals surface area contributed by atoms with E-state index in [1.54, 1.807) is 17.0 Å². The van der Waals surface area contributed by atoms with E-state index in [1.165, 1.54) is 17.7 Å². The van der Waals surface area contributed by atoms with Crippen LogP contribution in [0.5, 0.6) is 0 Å². The quantitative estimate of drug-likeness (QED) is 0.189. The Kier molecular flexibility index (Phi) is 14.1. The molecular weight excluding hydrogens is 574 g/mol. The van der Waals surface area contributed by atoms with Gasteiger partial charge in [-0.1, -0.05) is 45.0 Å². The van der Waals surface area contributed by atoms with Crippen molar-refractivity contribution in [1.82, 2.24) is 20.4 Å². The summed E-state index contributed by atoms with van der Waals surface area (Å²) in [5, 5.41) is 17.4. The zero-order chi connectivity index (χ0) is 32.9. The van der Waals surface area contributed by atoms with E-state index in [0.29, 0.717) is 37.3 Å². The number of aliphatic hydroxyl groups excluding tert-OH is 1. The lowest BCUT2D eigenvalue weighted by Crippen LogP contribution is -2.48. The summed E-state index contributed by atoms with van der Waals surface area (Å²) in [5.74, 6) is -2.10. The topological polar surface area (TPSA) is 84.9 Å². The number of carbonyl (C=O) groups excluding carboxylic acids is 2. The summed E-state index contributed by atoms with van der Waals surface area (Å²) in [4.78, 5) is 31.0. The fourth-order valence-corrected chi connectivity index (χ4v) is 5.42. The number of benzene rings is 3. The van der Waals surface area contributed by atoms with E-state index in [0.717, 1.165) is 36.5 Å². The lowest BCUT2D eigenvalue weighted by molar-refractivity contribution is 0.0755. The van der Waals surface area contributed by atoms with Gasteiger partial charge in [0.15, 0.2) is 0 Å². The van der Waals surface area contributed by atoms with E-state index in [1.807, 2.05) is 51.0 Å². The van der Waals surface area contributed by atoms with Crippen LogP contribution in [0.3, 0.4) is 0 Å². The van der Waals surface area contributed by atoms with Crippen LogP contribution in [0.25, 0.3) is 0 Å². The Balaban J connectivity index is 1.88. The molecule has 0 aromatic heterocycles. The van der Waals surface area contributed by atoms with Crippen molar-refractivity contribution in [1.29, 1.82) is 0 Å². The van der Waals surface area contributed by atoms with Gasteiger partial charge < -0.3 is 25.5 Å². The van der Waals surface area contributed by atoms with Crippen LogP contribution in [0.4, 0.5) is 8.78 Å². The molecule has 45 heavy (non-hydrogen) atoms. The van der Waals surface area contributed by atoms with Crippen molar-refractivity contribution in [2.45, 2.75) is 71.7 Å². The molecule has 0 fully saturated rings. The fraction of sp³-hybridized carbons (Fsp3) is 0.444. The Hall–Kier alpha value is -3.66. The monoisotopic (exact) mass is 622 g/mol. The summed E-state index contributed by atoms with van der Waals surface area (Å²) in [6.07, 6.45) is 1.46. The van der Waals surface area contributed by atoms with Crippen LogP contribution in [0, 0.1) is 11.6 Å². The van der Waals surface area contributed by atoms with Crippen molar-refractivity contribution < 1.29 is 23.5 Å². The Morgan fingerprint density at radius 1 is 0.822 bits per heavy atom. The van der Waals surface area contributed by atoms with Crippen molar-refractivity contribution in [3.05, 3.63) is 106 Å². The zero-order valence-electron chi connectivity index (χ0n) is 27.2. The normalized spacial score (nSPS) is 12.6. The summed E-state index contributed by atoms with van der Waals surface area (Å²) in [5.41, 5.74) is 4.06. The molecule has 0 heterocycles. The maximum Gasteiger partial charge on any atom is 0.253 e. The van der Waals surface area contributed by atoms with Crippen molar-refractivity contribution in [3.63, 3.8) is 0 Å². The number of carbonyl (C=O) groups is 2. The lowest BCUT2D eigenvalue weighted by atomic mass is 9.99. The fourth-order valence-electron chi connectivity index (χ4n) is 5.42. The highest BCUT2D eigenvalue weighted by atomic mass is 19.1. The van der Waals surface area contributed by atoms with Gasteiger partial charge in [-0.05, 0) is 92.4 Å². The van der Waals surface area contributed by atoms with E-state index in [4.69, 9.17) is 0 Å². The zero-order valence-corrected chi connectivity index (χ0v) is 27.2. The average molecular weight is 623 g/mol. The second-order valence-corrected chi connectivity index (χ2v) is 11.9. The van der Waals surface area contributed by atoms with Gasteiger partial charge in [-0.25, -0.2) is 8.78 Å². The molecule has 0 saturated heterocycles. The van der Waals surface area contributed by atoms with Gasteiger partial charge in [0.1, 0.15) is 11.6 Å². The van der Waals surface area contributed by atoms with E-state index in [2.05, 4.69) is 29.7 Å². The average Bonchev–Trinajstić information content (AvgIpc) is 2.99. The van der Waals surface area contributed by atoms with Crippen LogP contribution in [0.15, 0.2) is 60.7 Å². The van der Waals surface area contributed by atoms with Gasteiger partial charge in [-0.15, -0.1) is 0 Å². The first kappa shape index (κ1) is 35.8. The number of rotatable bonds is 17. The van der Waals surface area contributed by atoms with E-state index >= 15 is 0 Å². The summed E-state index contributed by atoms with van der Waals surface area (Å²) in [6, 6.07) is 15.6. The number of aryl methyl sites for hydroxylation is 1. The Bertz CT molecular complexity index is 1390. The largest absolute Gasteiger partial charge is 0.390 e. The van der Waals surface area contributed by atoms with E-state index < -0.39 is 29.7 Å². The third-order valence-corrected chi connectivity index (χ3v) is 7.52. The third kappa shape index (κ3) is 11.3. The first-order valence-electron chi connectivity index (χ1n) is 15.8. The number of aliphatic hydroxyl groups is 1. The molecule has 0 aliphatic carbocycles. The Morgan fingerprint density at radius 3 is 2.09 bits per heavy atom. The van der Waals surface area contributed by atoms with Crippen molar-refractivity contribution in [2.75, 3.05) is 33.7 Å². The molecule has 0 unspecified atom stereocenters. The number of hydrogen-bond donors (Lipinski definition) is 3. The number of hydrogen-bond acceptors (Lipinski definition) is 5. The molecule has 244 valence electrons. The first-order valence-corrected chi connectivity index (χ1v) is 15.8. The molecule has 0 aliphatic rings. The van der Waals surface area contributed by atoms with Crippen molar-refractivity contribution in [2.24, 2.45) is 0 Å². The Labute approximate surface area is 266 Å². The molecular formula is C36H48F2N4O3. The van der Waals surface area contributed by atoms with E-state index in [9.17, 15) is 23.5 Å². The molecule has 0 spiro atoms. The van der Waals surface area contributed by atoms with Gasteiger partial charge in [-0.2, -0.15) is 0 Å². The summed E-state index contributed by atoms with van der Waals surface area (Å²) >= 11 is 0. The van der Waals surface area contributed by atoms with Gasteiger partial charge >= 0.3 is 0 Å². The minimum absolute atomic E-state index is 0.00145. The molecule has 2 amide bonds. The molecule has 3 rings (SSSR count).